The van der Waals surface area contributed by atoms with Gasteiger partial charge >= 0.3 is 0 Å². The van der Waals surface area contributed by atoms with Crippen LogP contribution in [-0.2, 0) is 0 Å². The van der Waals surface area contributed by atoms with E-state index in [1.54, 1.807) is 18.2 Å². The Morgan fingerprint density at radius 1 is 1.26 bits per heavy atom. The molecule has 0 spiro atoms. The Balaban J connectivity index is 1.66. The monoisotopic (exact) mass is 332 g/mol. The molecular formula is C18H21ClN2O2. The number of furan rings is 1. The van der Waals surface area contributed by atoms with E-state index in [0.717, 1.165) is 31.5 Å². The Labute approximate surface area is 141 Å². The second kappa shape index (κ2) is 6.77. The molecular weight excluding hydrogens is 312 g/mol. The van der Waals surface area contributed by atoms with Crippen molar-refractivity contribution in [2.45, 2.75) is 19.8 Å². The Bertz CT molecular complexity index is 690. The molecule has 122 valence electrons. The molecule has 2 N–H and O–H groups in total. The van der Waals surface area contributed by atoms with Crippen LogP contribution in [0, 0.1) is 5.41 Å². The highest BCUT2D eigenvalue weighted by Crippen LogP contribution is 2.29. The van der Waals surface area contributed by atoms with Crippen LogP contribution < -0.4 is 10.6 Å². The highest BCUT2D eigenvalue weighted by atomic mass is 35.5. The molecule has 1 fully saturated rings. The summed E-state index contributed by atoms with van der Waals surface area (Å²) in [7, 11) is 0. The summed E-state index contributed by atoms with van der Waals surface area (Å²) in [6.07, 6.45) is 2.13. The van der Waals surface area contributed by atoms with E-state index in [9.17, 15) is 4.79 Å². The van der Waals surface area contributed by atoms with Crippen LogP contribution in [0.15, 0.2) is 40.8 Å². The number of hydrogen-bond acceptors (Lipinski definition) is 3. The summed E-state index contributed by atoms with van der Waals surface area (Å²) < 4.78 is 5.68. The van der Waals surface area contributed by atoms with Crippen molar-refractivity contribution < 1.29 is 9.21 Å². The Kier molecular flexibility index (Phi) is 4.74. The van der Waals surface area contributed by atoms with Gasteiger partial charge in [-0.1, -0.05) is 30.7 Å². The Hall–Kier alpha value is -1.78. The van der Waals surface area contributed by atoms with Gasteiger partial charge in [0.05, 0.1) is 5.02 Å². The zero-order chi connectivity index (χ0) is 16.3. The van der Waals surface area contributed by atoms with Gasteiger partial charge < -0.3 is 15.1 Å². The summed E-state index contributed by atoms with van der Waals surface area (Å²) in [5, 5.41) is 6.94. The lowest BCUT2D eigenvalue weighted by atomic mass is 9.81. The van der Waals surface area contributed by atoms with E-state index in [2.05, 4.69) is 17.6 Å². The van der Waals surface area contributed by atoms with Crippen LogP contribution >= 0.6 is 11.6 Å². The molecule has 0 aliphatic carbocycles. The average molecular weight is 333 g/mol. The molecule has 0 atom stereocenters. The maximum Gasteiger partial charge on any atom is 0.287 e. The first kappa shape index (κ1) is 16.1. The Morgan fingerprint density at radius 3 is 2.74 bits per heavy atom. The third-order valence-electron chi connectivity index (χ3n) is 4.46. The zero-order valence-corrected chi connectivity index (χ0v) is 14.0. The fourth-order valence-corrected chi connectivity index (χ4v) is 3.08. The quantitative estimate of drug-likeness (QED) is 0.897. The largest absolute Gasteiger partial charge is 0.451 e. The van der Waals surface area contributed by atoms with E-state index in [0.29, 0.717) is 23.1 Å². The number of halogens is 1. The topological polar surface area (TPSA) is 54.3 Å². The van der Waals surface area contributed by atoms with E-state index in [-0.39, 0.29) is 11.3 Å². The molecule has 1 aromatic heterocycles. The first-order valence-electron chi connectivity index (χ1n) is 7.91. The third kappa shape index (κ3) is 3.77. The maximum atomic E-state index is 12.3. The minimum atomic E-state index is -0.178. The predicted octanol–water partition coefficient (Wildman–Crippen LogP) is 3.72. The summed E-state index contributed by atoms with van der Waals surface area (Å²) in [6, 6.07) is 10.9. The van der Waals surface area contributed by atoms with E-state index in [1.807, 2.05) is 18.2 Å². The van der Waals surface area contributed by atoms with Gasteiger partial charge in [0.1, 0.15) is 5.76 Å². The molecule has 0 bridgehead atoms. The fraction of sp³-hybridized carbons (Fsp3) is 0.389. The van der Waals surface area contributed by atoms with Crippen LogP contribution in [0.1, 0.15) is 30.3 Å². The van der Waals surface area contributed by atoms with Crippen molar-refractivity contribution in [2.75, 3.05) is 19.6 Å². The van der Waals surface area contributed by atoms with Gasteiger partial charge in [0.2, 0.25) is 0 Å². The summed E-state index contributed by atoms with van der Waals surface area (Å²) in [5.41, 5.74) is 0.942. The van der Waals surface area contributed by atoms with Gasteiger partial charge in [-0.15, -0.1) is 0 Å². The first-order valence-corrected chi connectivity index (χ1v) is 8.29. The van der Waals surface area contributed by atoms with Crippen molar-refractivity contribution in [1.29, 1.82) is 0 Å². The van der Waals surface area contributed by atoms with E-state index in [1.165, 1.54) is 0 Å². The van der Waals surface area contributed by atoms with E-state index < -0.39 is 0 Å². The van der Waals surface area contributed by atoms with Crippen LogP contribution in [0.2, 0.25) is 5.02 Å². The summed E-state index contributed by atoms with van der Waals surface area (Å²) >= 11 is 6.16. The molecule has 5 heteroatoms. The van der Waals surface area contributed by atoms with Crippen molar-refractivity contribution in [3.8, 4) is 11.3 Å². The molecule has 0 saturated carbocycles. The van der Waals surface area contributed by atoms with Gasteiger partial charge in [-0.2, -0.15) is 0 Å². The van der Waals surface area contributed by atoms with Gasteiger partial charge in [-0.05, 0) is 55.6 Å². The summed E-state index contributed by atoms with van der Waals surface area (Å²) in [4.78, 5) is 12.3. The molecule has 3 rings (SSSR count). The Morgan fingerprint density at radius 2 is 2.00 bits per heavy atom. The number of piperidine rings is 1. The van der Waals surface area contributed by atoms with Crippen LogP contribution in [-0.4, -0.2) is 25.5 Å². The van der Waals surface area contributed by atoms with Crippen LogP contribution in [0.4, 0.5) is 0 Å². The highest BCUT2D eigenvalue weighted by Gasteiger charge is 2.27. The summed E-state index contributed by atoms with van der Waals surface area (Å²) in [5.74, 6) is 0.745. The van der Waals surface area contributed by atoms with Crippen molar-refractivity contribution in [2.24, 2.45) is 5.41 Å². The minimum Gasteiger partial charge on any atom is -0.451 e. The molecule has 2 aromatic rings. The molecule has 1 amide bonds. The number of hydrogen-bond donors (Lipinski definition) is 2. The van der Waals surface area contributed by atoms with Crippen LogP contribution in [0.5, 0.6) is 0 Å². The number of nitrogens with one attached hydrogen (secondary N) is 2. The first-order chi connectivity index (χ1) is 11.1. The molecule has 1 saturated heterocycles. The molecule has 1 aliphatic rings. The number of amides is 1. The minimum absolute atomic E-state index is 0.152. The van der Waals surface area contributed by atoms with Gasteiger partial charge in [-0.3, -0.25) is 4.79 Å². The lowest BCUT2D eigenvalue weighted by molar-refractivity contribution is 0.0895. The van der Waals surface area contributed by atoms with Crippen LogP contribution in [0.3, 0.4) is 0 Å². The lowest BCUT2D eigenvalue weighted by Gasteiger charge is -2.33. The predicted molar refractivity (Wildman–Crippen MR) is 91.7 cm³/mol. The normalized spacial score (nSPS) is 17.0. The zero-order valence-electron chi connectivity index (χ0n) is 13.2. The SMILES string of the molecule is CC1(CNC(=O)c2ccc(-c3ccccc3Cl)o2)CCNCC1. The molecule has 4 nitrogen and oxygen atoms in total. The molecule has 23 heavy (non-hydrogen) atoms. The van der Waals surface area contributed by atoms with Gasteiger partial charge in [0, 0.05) is 12.1 Å². The molecule has 0 unspecified atom stereocenters. The number of benzene rings is 1. The molecule has 2 heterocycles. The third-order valence-corrected chi connectivity index (χ3v) is 4.79. The van der Waals surface area contributed by atoms with Crippen LogP contribution in [0.25, 0.3) is 11.3 Å². The van der Waals surface area contributed by atoms with Gasteiger partial charge in [0.25, 0.3) is 5.91 Å². The maximum absolute atomic E-state index is 12.3. The highest BCUT2D eigenvalue weighted by molar-refractivity contribution is 6.33. The number of carbonyl (C=O) groups is 1. The molecule has 1 aliphatic heterocycles. The number of rotatable bonds is 4. The second-order valence-corrected chi connectivity index (χ2v) is 6.79. The van der Waals surface area contributed by atoms with Crippen molar-refractivity contribution in [1.82, 2.24) is 10.6 Å². The van der Waals surface area contributed by atoms with Crippen molar-refractivity contribution in [3.05, 3.63) is 47.2 Å². The second-order valence-electron chi connectivity index (χ2n) is 6.39. The van der Waals surface area contributed by atoms with Crippen molar-refractivity contribution >= 4 is 17.5 Å². The lowest BCUT2D eigenvalue weighted by Crippen LogP contribution is -2.42. The smallest absolute Gasteiger partial charge is 0.287 e. The fourth-order valence-electron chi connectivity index (χ4n) is 2.85. The average Bonchev–Trinajstić information content (AvgIpc) is 3.04. The van der Waals surface area contributed by atoms with Crippen molar-refractivity contribution in [3.63, 3.8) is 0 Å². The number of carbonyl (C=O) groups excluding carboxylic acids is 1. The van der Waals surface area contributed by atoms with Gasteiger partial charge in [0.15, 0.2) is 5.76 Å². The van der Waals surface area contributed by atoms with Gasteiger partial charge in [-0.25, -0.2) is 0 Å². The molecule has 1 aromatic carbocycles. The van der Waals surface area contributed by atoms with E-state index in [4.69, 9.17) is 16.0 Å². The molecule has 0 radical (unpaired) electrons. The van der Waals surface area contributed by atoms with E-state index >= 15 is 0 Å². The summed E-state index contributed by atoms with van der Waals surface area (Å²) in [6.45, 7) is 4.88. The standard InChI is InChI=1S/C18H21ClN2O2/c1-18(8-10-20-11-9-18)12-21-17(22)16-7-6-15(23-16)13-4-2-3-5-14(13)19/h2-7,20H,8-12H2,1H3,(H,21,22).